The molecular weight excluding hydrogens is 359 g/mol. The van der Waals surface area contributed by atoms with Crippen molar-refractivity contribution in [2.75, 3.05) is 20.8 Å². The van der Waals surface area contributed by atoms with E-state index in [0.717, 1.165) is 19.3 Å². The smallest absolute Gasteiger partial charge is 0.154 e. The molecule has 2 aromatic rings. The zero-order valence-electron chi connectivity index (χ0n) is 15.3. The maximum atomic E-state index is 6.31. The number of hydrogen-bond donors (Lipinski definition) is 0. The first-order valence-electron chi connectivity index (χ1n) is 8.60. The van der Waals surface area contributed by atoms with Gasteiger partial charge < -0.3 is 9.47 Å². The highest BCUT2D eigenvalue weighted by atomic mass is 35.5. The topological polar surface area (TPSA) is 36.3 Å². The normalized spacial score (nSPS) is 13.8. The molecule has 25 heavy (non-hydrogen) atoms. The minimum Gasteiger partial charge on any atom is -0.385 e. The van der Waals surface area contributed by atoms with Gasteiger partial charge in [0.15, 0.2) is 5.82 Å². The van der Waals surface area contributed by atoms with E-state index in [-0.39, 0.29) is 12.0 Å². The maximum absolute atomic E-state index is 6.31. The highest BCUT2D eigenvalue weighted by molar-refractivity contribution is 6.33. The monoisotopic (exact) mass is 384 g/mol. The zero-order chi connectivity index (χ0) is 18.4. The minimum absolute atomic E-state index is 0.0759. The van der Waals surface area contributed by atoms with E-state index >= 15 is 0 Å². The minimum atomic E-state index is -0.307. The molecule has 6 heteroatoms. The van der Waals surface area contributed by atoms with Crippen LogP contribution in [-0.4, -0.2) is 29.9 Å². The molecule has 0 aliphatic rings. The summed E-state index contributed by atoms with van der Waals surface area (Å²) in [7, 11) is 3.40. The van der Waals surface area contributed by atoms with Gasteiger partial charge in [0.2, 0.25) is 0 Å². The zero-order valence-corrected chi connectivity index (χ0v) is 16.8. The summed E-state index contributed by atoms with van der Waals surface area (Å²) in [5, 5.41) is 0.378. The first-order valence-corrected chi connectivity index (χ1v) is 9.32. The molecule has 0 radical (unpaired) electrons. The lowest BCUT2D eigenvalue weighted by molar-refractivity contribution is 0.0574. The van der Waals surface area contributed by atoms with Crippen molar-refractivity contribution in [1.29, 1.82) is 0 Å². The maximum Gasteiger partial charge on any atom is 0.154 e. The Labute approximate surface area is 160 Å². The lowest BCUT2D eigenvalue weighted by Gasteiger charge is -2.29. The second-order valence-corrected chi connectivity index (χ2v) is 6.69. The van der Waals surface area contributed by atoms with Crippen molar-refractivity contribution in [1.82, 2.24) is 9.07 Å². The molecule has 2 atom stereocenters. The molecule has 0 fully saturated rings. The van der Waals surface area contributed by atoms with Crippen molar-refractivity contribution in [2.24, 2.45) is 0 Å². The van der Waals surface area contributed by atoms with E-state index in [1.807, 2.05) is 0 Å². The SMILES string of the molecule is CCc1cccc(CC)c1C(CCOC)C(OC)c1ncc(Cl)n1Cl. The molecule has 2 rings (SSSR count). The molecule has 0 N–H and O–H groups in total. The van der Waals surface area contributed by atoms with Crippen LogP contribution >= 0.6 is 23.4 Å². The van der Waals surface area contributed by atoms with Crippen LogP contribution in [0.2, 0.25) is 5.15 Å². The Kier molecular flexibility index (Phi) is 7.76. The lowest BCUT2D eigenvalue weighted by atomic mass is 9.82. The Morgan fingerprint density at radius 2 is 1.80 bits per heavy atom. The lowest BCUT2D eigenvalue weighted by Crippen LogP contribution is -2.20. The van der Waals surface area contributed by atoms with Gasteiger partial charge in [0.1, 0.15) is 11.3 Å². The van der Waals surface area contributed by atoms with Gasteiger partial charge in [0.05, 0.1) is 6.20 Å². The third kappa shape index (κ3) is 4.37. The Balaban J connectivity index is 2.57. The van der Waals surface area contributed by atoms with Crippen LogP contribution in [0.15, 0.2) is 24.4 Å². The summed E-state index contributed by atoms with van der Waals surface area (Å²) in [6.07, 6.45) is 3.97. The van der Waals surface area contributed by atoms with Gasteiger partial charge in [-0.3, -0.25) is 0 Å². The predicted octanol–water partition coefficient (Wildman–Crippen LogP) is 5.17. The summed E-state index contributed by atoms with van der Waals surface area (Å²) < 4.78 is 12.6. The van der Waals surface area contributed by atoms with Gasteiger partial charge in [-0.1, -0.05) is 43.6 Å². The van der Waals surface area contributed by atoms with E-state index in [9.17, 15) is 0 Å². The average Bonchev–Trinajstić information content (AvgIpc) is 2.97. The van der Waals surface area contributed by atoms with E-state index < -0.39 is 0 Å². The Bertz CT molecular complexity index is 666. The van der Waals surface area contributed by atoms with Crippen LogP contribution in [0.4, 0.5) is 0 Å². The Morgan fingerprint density at radius 1 is 1.16 bits per heavy atom. The number of aromatic nitrogens is 2. The number of benzene rings is 1. The molecule has 2 unspecified atom stereocenters. The summed E-state index contributed by atoms with van der Waals surface area (Å²) in [6.45, 7) is 4.97. The van der Waals surface area contributed by atoms with Crippen LogP contribution in [0.3, 0.4) is 0 Å². The van der Waals surface area contributed by atoms with Crippen LogP contribution in [0.5, 0.6) is 0 Å². The standard InChI is InChI=1S/C19H26Cl2N2O2/c1-5-13-8-7-9-14(6-2)17(13)15(10-11-24-3)18(25-4)19-22-12-16(20)23(19)21/h7-9,12,15,18H,5-6,10-11H2,1-4H3. The molecule has 0 bridgehead atoms. The van der Waals surface area contributed by atoms with E-state index in [1.165, 1.54) is 20.8 Å². The van der Waals surface area contributed by atoms with Crippen LogP contribution in [0, 0.1) is 0 Å². The molecule has 138 valence electrons. The predicted molar refractivity (Wildman–Crippen MR) is 103 cm³/mol. The fraction of sp³-hybridized carbons (Fsp3) is 0.526. The van der Waals surface area contributed by atoms with Crippen molar-refractivity contribution in [3.8, 4) is 0 Å². The molecule has 4 nitrogen and oxygen atoms in total. The van der Waals surface area contributed by atoms with Gasteiger partial charge in [-0.2, -0.15) is 0 Å². The van der Waals surface area contributed by atoms with Crippen molar-refractivity contribution in [3.63, 3.8) is 0 Å². The largest absolute Gasteiger partial charge is 0.385 e. The van der Waals surface area contributed by atoms with Crippen molar-refractivity contribution in [3.05, 3.63) is 52.1 Å². The quantitative estimate of drug-likeness (QED) is 0.597. The highest BCUT2D eigenvalue weighted by Gasteiger charge is 2.31. The number of halogens is 2. The molecule has 0 aliphatic carbocycles. The molecule has 0 aliphatic heterocycles. The van der Waals surface area contributed by atoms with E-state index in [2.05, 4.69) is 37.0 Å². The Hall–Kier alpha value is -1.07. The molecule has 0 saturated heterocycles. The van der Waals surface area contributed by atoms with Crippen molar-refractivity contribution < 1.29 is 9.47 Å². The molecular formula is C19H26Cl2N2O2. The number of nitrogens with zero attached hydrogens (tertiary/aromatic N) is 2. The van der Waals surface area contributed by atoms with Crippen LogP contribution in [0.1, 0.15) is 54.8 Å². The van der Waals surface area contributed by atoms with Gasteiger partial charge in [0, 0.05) is 38.5 Å². The average molecular weight is 385 g/mol. The summed E-state index contributed by atoms with van der Waals surface area (Å²) >= 11 is 12.4. The van der Waals surface area contributed by atoms with E-state index in [4.69, 9.17) is 32.9 Å². The summed E-state index contributed by atoms with van der Waals surface area (Å²) in [6, 6.07) is 6.48. The summed E-state index contributed by atoms with van der Waals surface area (Å²) in [5.41, 5.74) is 3.95. The molecule has 0 spiro atoms. The number of hydrogen-bond acceptors (Lipinski definition) is 3. The summed E-state index contributed by atoms with van der Waals surface area (Å²) in [5.74, 6) is 0.690. The van der Waals surface area contributed by atoms with Gasteiger partial charge in [-0.05, 0) is 36.0 Å². The fourth-order valence-electron chi connectivity index (χ4n) is 3.42. The van der Waals surface area contributed by atoms with Crippen LogP contribution in [0.25, 0.3) is 0 Å². The Morgan fingerprint density at radius 3 is 2.24 bits per heavy atom. The van der Waals surface area contributed by atoms with Crippen LogP contribution in [-0.2, 0) is 22.3 Å². The van der Waals surface area contributed by atoms with Gasteiger partial charge in [-0.15, -0.1) is 0 Å². The van der Waals surface area contributed by atoms with Crippen molar-refractivity contribution >= 4 is 23.4 Å². The number of rotatable bonds is 9. The first kappa shape index (κ1) is 20.2. The number of methoxy groups -OCH3 is 2. The second kappa shape index (κ2) is 9.58. The third-order valence-electron chi connectivity index (χ3n) is 4.62. The van der Waals surface area contributed by atoms with Gasteiger partial charge >= 0.3 is 0 Å². The molecule has 1 heterocycles. The number of aryl methyl sites for hydroxylation is 2. The third-order valence-corrected chi connectivity index (χ3v) is 5.33. The summed E-state index contributed by atoms with van der Waals surface area (Å²) in [4.78, 5) is 4.39. The number of ether oxygens (including phenoxy) is 2. The highest BCUT2D eigenvalue weighted by Crippen LogP contribution is 2.40. The fourth-order valence-corrected chi connectivity index (χ4v) is 3.73. The molecule has 1 aromatic heterocycles. The first-order chi connectivity index (χ1) is 12.1. The molecule has 0 saturated carbocycles. The van der Waals surface area contributed by atoms with Crippen molar-refractivity contribution in [2.45, 2.75) is 45.1 Å². The van der Waals surface area contributed by atoms with Gasteiger partial charge in [0.25, 0.3) is 0 Å². The second-order valence-electron chi connectivity index (χ2n) is 5.96. The molecule has 1 aromatic carbocycles. The molecule has 0 amide bonds. The van der Waals surface area contributed by atoms with Gasteiger partial charge in [-0.25, -0.2) is 9.07 Å². The van der Waals surface area contributed by atoms with Crippen LogP contribution < -0.4 is 0 Å². The van der Waals surface area contributed by atoms with E-state index in [1.54, 1.807) is 20.4 Å². The van der Waals surface area contributed by atoms with E-state index in [0.29, 0.717) is 17.6 Å². The number of imidazole rings is 1.